The summed E-state index contributed by atoms with van der Waals surface area (Å²) in [6.45, 7) is 7.75. The van der Waals surface area contributed by atoms with Crippen LogP contribution in [0.2, 0.25) is 10.0 Å². The van der Waals surface area contributed by atoms with Crippen LogP contribution < -0.4 is 18.9 Å². The Morgan fingerprint density at radius 2 is 1.00 bits per heavy atom. The summed E-state index contributed by atoms with van der Waals surface area (Å²) in [6.07, 6.45) is -9.52. The van der Waals surface area contributed by atoms with E-state index in [2.05, 4.69) is 0 Å². The first-order valence-corrected chi connectivity index (χ1v) is 18.1. The maximum absolute atomic E-state index is 12.7. The van der Waals surface area contributed by atoms with Gasteiger partial charge in [0.15, 0.2) is 0 Å². The SMILES string of the molecule is CCOC(=O)[C@@]1(C)[C@@H]2Oc3cc(Oc4ccc(C(F)(F)F)cc4Cl)ccc3[C@@H]21.CCOC(=O)[C@]1(C)[C@@H]2Oc3cc(Oc4ccc(C(F)(F)F)cc4Cl)ccc3[C@@H]21. The number of esters is 2. The van der Waals surface area contributed by atoms with Crippen LogP contribution in [0.3, 0.4) is 0 Å². The molecule has 56 heavy (non-hydrogen) atoms. The van der Waals surface area contributed by atoms with Gasteiger partial charge < -0.3 is 28.4 Å². The molecule has 0 saturated heterocycles. The molecule has 4 aliphatic rings. The molecule has 0 bridgehead atoms. The molecule has 2 aliphatic carbocycles. The van der Waals surface area contributed by atoms with E-state index in [1.54, 1.807) is 50.2 Å². The van der Waals surface area contributed by atoms with Gasteiger partial charge in [0, 0.05) is 35.1 Å². The Balaban J connectivity index is 0.000000172. The number of carbonyl (C=O) groups excluding carboxylic acids is 2. The molecule has 2 aliphatic heterocycles. The maximum Gasteiger partial charge on any atom is 0.416 e. The summed E-state index contributed by atoms with van der Waals surface area (Å²) >= 11 is 11.9. The molecule has 8 nitrogen and oxygen atoms in total. The summed E-state index contributed by atoms with van der Waals surface area (Å²) < 4.78 is 110. The molecule has 8 rings (SSSR count). The second-order valence-corrected chi connectivity index (χ2v) is 14.7. The van der Waals surface area contributed by atoms with Gasteiger partial charge in [-0.3, -0.25) is 9.59 Å². The highest BCUT2D eigenvalue weighted by atomic mass is 35.5. The van der Waals surface area contributed by atoms with Crippen molar-refractivity contribution in [1.82, 2.24) is 0 Å². The van der Waals surface area contributed by atoms with Crippen LogP contribution in [-0.2, 0) is 31.4 Å². The first kappa shape index (κ1) is 39.4. The van der Waals surface area contributed by atoms with Gasteiger partial charge in [-0.15, -0.1) is 0 Å². The van der Waals surface area contributed by atoms with Crippen LogP contribution in [0.25, 0.3) is 0 Å². The summed E-state index contributed by atoms with van der Waals surface area (Å²) in [5.41, 5.74) is -1.32. The number of halogens is 8. The topological polar surface area (TPSA) is 89.5 Å². The number of hydrogen-bond acceptors (Lipinski definition) is 8. The van der Waals surface area contributed by atoms with Crippen molar-refractivity contribution in [2.75, 3.05) is 13.2 Å². The highest BCUT2D eigenvalue weighted by Crippen LogP contribution is 2.68. The van der Waals surface area contributed by atoms with E-state index in [1.165, 1.54) is 12.1 Å². The minimum atomic E-state index is -4.48. The predicted octanol–water partition coefficient (Wildman–Crippen LogP) is 11.2. The molecule has 2 saturated carbocycles. The number of rotatable bonds is 8. The molecule has 0 aromatic heterocycles. The van der Waals surface area contributed by atoms with Gasteiger partial charge >= 0.3 is 24.3 Å². The Labute approximate surface area is 326 Å². The van der Waals surface area contributed by atoms with Crippen molar-refractivity contribution in [3.63, 3.8) is 0 Å². The Morgan fingerprint density at radius 1 is 0.625 bits per heavy atom. The summed E-state index contributed by atoms with van der Waals surface area (Å²) in [7, 11) is 0. The molecule has 0 radical (unpaired) electrons. The van der Waals surface area contributed by atoms with Crippen molar-refractivity contribution < 1.29 is 64.4 Å². The van der Waals surface area contributed by atoms with E-state index < -0.39 is 34.3 Å². The monoisotopic (exact) mass is 824 g/mol. The fourth-order valence-electron chi connectivity index (χ4n) is 7.28. The highest BCUT2D eigenvalue weighted by molar-refractivity contribution is 6.32. The molecule has 2 fully saturated rings. The minimum absolute atomic E-state index is 0.0785. The van der Waals surface area contributed by atoms with Crippen molar-refractivity contribution in [3.8, 4) is 34.5 Å². The molecule has 296 valence electrons. The maximum atomic E-state index is 12.7. The van der Waals surface area contributed by atoms with Gasteiger partial charge in [0.1, 0.15) is 57.5 Å². The quantitative estimate of drug-likeness (QED) is 0.128. The van der Waals surface area contributed by atoms with Crippen LogP contribution in [0.5, 0.6) is 34.5 Å². The van der Waals surface area contributed by atoms with Crippen molar-refractivity contribution >= 4 is 35.1 Å². The Kier molecular flexibility index (Phi) is 9.84. The van der Waals surface area contributed by atoms with Crippen LogP contribution in [0.1, 0.15) is 61.8 Å². The van der Waals surface area contributed by atoms with E-state index in [-0.39, 0.29) is 57.5 Å². The number of alkyl halides is 6. The van der Waals surface area contributed by atoms with Gasteiger partial charge in [0.05, 0.1) is 34.4 Å². The second-order valence-electron chi connectivity index (χ2n) is 13.9. The van der Waals surface area contributed by atoms with Crippen molar-refractivity contribution in [2.24, 2.45) is 10.8 Å². The number of hydrogen-bond donors (Lipinski definition) is 0. The lowest BCUT2D eigenvalue weighted by Crippen LogP contribution is -2.23. The van der Waals surface area contributed by atoms with Gasteiger partial charge in [0.25, 0.3) is 0 Å². The third-order valence-corrected chi connectivity index (χ3v) is 11.0. The molecule has 0 unspecified atom stereocenters. The number of fused-ring (bicyclic) bond motifs is 6. The number of benzene rings is 4. The molecule has 0 N–H and O–H groups in total. The standard InChI is InChI=1S/2C20H16ClF3O4/c2*1-3-26-18(25)19(2)16-12-6-5-11(9-15(12)28-17(16)19)27-14-7-4-10(8-13(14)21)20(22,23)24/h2*4-9,16-17H,3H2,1-2H3/t16-,17+,19+;16-,17+,19-/m00/s1. The minimum Gasteiger partial charge on any atom is -0.488 e. The fourth-order valence-corrected chi connectivity index (χ4v) is 7.72. The predicted molar refractivity (Wildman–Crippen MR) is 190 cm³/mol. The summed E-state index contributed by atoms with van der Waals surface area (Å²) in [6, 6.07) is 16.0. The molecular weight excluding hydrogens is 793 g/mol. The van der Waals surface area contributed by atoms with Gasteiger partial charge in [0.2, 0.25) is 0 Å². The van der Waals surface area contributed by atoms with Crippen LogP contribution >= 0.6 is 23.2 Å². The number of ether oxygens (including phenoxy) is 6. The first-order valence-electron chi connectivity index (χ1n) is 17.4. The van der Waals surface area contributed by atoms with Gasteiger partial charge in [-0.25, -0.2) is 0 Å². The zero-order valence-electron chi connectivity index (χ0n) is 29.9. The highest BCUT2D eigenvalue weighted by Gasteiger charge is 2.74. The summed E-state index contributed by atoms with van der Waals surface area (Å²) in [4.78, 5) is 24.3. The van der Waals surface area contributed by atoms with Gasteiger partial charge in [-0.05, 0) is 76.2 Å². The summed E-state index contributed by atoms with van der Waals surface area (Å²) in [5.74, 6) is 1.40. The zero-order valence-corrected chi connectivity index (χ0v) is 31.5. The fraction of sp³-hybridized carbons (Fsp3) is 0.350. The smallest absolute Gasteiger partial charge is 0.416 e. The third kappa shape index (κ3) is 6.84. The Morgan fingerprint density at radius 3 is 1.32 bits per heavy atom. The molecule has 16 heteroatoms. The van der Waals surface area contributed by atoms with E-state index in [0.29, 0.717) is 36.2 Å². The lowest BCUT2D eigenvalue weighted by atomic mass is 10.00. The van der Waals surface area contributed by atoms with Crippen LogP contribution in [0, 0.1) is 10.8 Å². The van der Waals surface area contributed by atoms with Crippen molar-refractivity contribution in [1.29, 1.82) is 0 Å². The second kappa shape index (κ2) is 14.0. The van der Waals surface area contributed by atoms with Crippen molar-refractivity contribution in [3.05, 3.63) is 105 Å². The molecule has 6 atom stereocenters. The lowest BCUT2D eigenvalue weighted by Gasteiger charge is -2.16. The van der Waals surface area contributed by atoms with Gasteiger partial charge in [-0.2, -0.15) is 26.3 Å². The zero-order chi connectivity index (χ0) is 40.5. The average molecular weight is 826 g/mol. The third-order valence-electron chi connectivity index (χ3n) is 10.4. The normalized spacial score (nSPS) is 24.8. The van der Waals surface area contributed by atoms with E-state index >= 15 is 0 Å². The molecule has 0 spiro atoms. The van der Waals surface area contributed by atoms with E-state index in [4.69, 9.17) is 51.6 Å². The molecule has 2 heterocycles. The van der Waals surface area contributed by atoms with Crippen LogP contribution in [0.15, 0.2) is 72.8 Å². The molecule has 4 aromatic rings. The van der Waals surface area contributed by atoms with E-state index in [1.807, 2.05) is 13.8 Å². The lowest BCUT2D eigenvalue weighted by molar-refractivity contribution is -0.151. The Hall–Kier alpha value is -4.82. The average Bonchev–Trinajstić information content (AvgIpc) is 3.71. The first-order chi connectivity index (χ1) is 26.3. The molecule has 0 amide bonds. The molecular formula is C40H32Cl2F6O8. The largest absolute Gasteiger partial charge is 0.488 e. The van der Waals surface area contributed by atoms with Crippen molar-refractivity contribution in [2.45, 2.75) is 64.1 Å². The molecule has 4 aromatic carbocycles. The van der Waals surface area contributed by atoms with Gasteiger partial charge in [-0.1, -0.05) is 35.3 Å². The van der Waals surface area contributed by atoms with Crippen LogP contribution in [0.4, 0.5) is 26.3 Å². The van der Waals surface area contributed by atoms with E-state index in [9.17, 15) is 35.9 Å². The number of carbonyl (C=O) groups is 2. The van der Waals surface area contributed by atoms with E-state index in [0.717, 1.165) is 35.4 Å². The van der Waals surface area contributed by atoms with Crippen LogP contribution in [-0.4, -0.2) is 37.4 Å². The summed E-state index contributed by atoms with van der Waals surface area (Å²) in [5, 5.41) is -0.289. The Bertz CT molecular complexity index is 2070.